The molecule has 1 heterocycles. The predicted molar refractivity (Wildman–Crippen MR) is 68.4 cm³/mol. The molecule has 1 aliphatic heterocycles. The van der Waals surface area contributed by atoms with Crippen molar-refractivity contribution >= 4 is 17.7 Å². The van der Waals surface area contributed by atoms with Gasteiger partial charge in [-0.15, -0.1) is 11.8 Å². The summed E-state index contributed by atoms with van der Waals surface area (Å²) >= 11 is 1.81. The minimum atomic E-state index is 0.0482. The minimum Gasteiger partial charge on any atom is -0.352 e. The number of nitrogens with one attached hydrogen (secondary N) is 2. The summed E-state index contributed by atoms with van der Waals surface area (Å²) in [4.78, 5) is 11.9. The number of rotatable bonds is 3. The minimum absolute atomic E-state index is 0.0482. The third-order valence-corrected chi connectivity index (χ3v) is 4.68. The summed E-state index contributed by atoms with van der Waals surface area (Å²) in [5.74, 6) is 2.88. The van der Waals surface area contributed by atoms with E-state index in [2.05, 4.69) is 17.6 Å². The lowest BCUT2D eigenvalue weighted by molar-refractivity contribution is -0.123. The maximum Gasteiger partial charge on any atom is 0.238 e. The molecule has 4 heteroatoms. The number of amides is 1. The average Bonchev–Trinajstić information content (AvgIpc) is 2.83. The second-order valence-electron chi connectivity index (χ2n) is 4.92. The van der Waals surface area contributed by atoms with Gasteiger partial charge in [0.25, 0.3) is 0 Å². The van der Waals surface area contributed by atoms with Crippen LogP contribution in [0.5, 0.6) is 0 Å². The van der Waals surface area contributed by atoms with Gasteiger partial charge >= 0.3 is 0 Å². The molecular formula is C12H22N2OS. The van der Waals surface area contributed by atoms with Crippen molar-refractivity contribution in [2.45, 2.75) is 51.1 Å². The fourth-order valence-electron chi connectivity index (χ4n) is 2.66. The molecule has 1 aliphatic carbocycles. The first kappa shape index (κ1) is 12.2. The molecule has 0 aromatic heterocycles. The van der Waals surface area contributed by atoms with Crippen molar-refractivity contribution in [3.8, 4) is 0 Å². The van der Waals surface area contributed by atoms with E-state index < -0.39 is 0 Å². The van der Waals surface area contributed by atoms with Gasteiger partial charge in [-0.25, -0.2) is 0 Å². The van der Waals surface area contributed by atoms with E-state index in [1.54, 1.807) is 11.8 Å². The number of carbonyl (C=O) groups is 1. The summed E-state index contributed by atoms with van der Waals surface area (Å²) in [6, 6.07) is 0.477. The monoisotopic (exact) mass is 242 g/mol. The first-order valence-corrected chi connectivity index (χ1v) is 7.56. The van der Waals surface area contributed by atoms with E-state index in [0.717, 1.165) is 17.5 Å². The van der Waals surface area contributed by atoms with Gasteiger partial charge in [0.05, 0.1) is 6.04 Å². The smallest absolute Gasteiger partial charge is 0.238 e. The molecule has 3 nitrogen and oxygen atoms in total. The molecule has 2 rings (SSSR count). The maximum absolute atomic E-state index is 11.9. The Labute approximate surface area is 102 Å². The van der Waals surface area contributed by atoms with E-state index in [4.69, 9.17) is 0 Å². The quantitative estimate of drug-likeness (QED) is 0.792. The normalized spacial score (nSPS) is 34.9. The van der Waals surface area contributed by atoms with Crippen molar-refractivity contribution in [1.82, 2.24) is 10.6 Å². The van der Waals surface area contributed by atoms with Gasteiger partial charge in [-0.3, -0.25) is 10.1 Å². The molecule has 1 amide bonds. The van der Waals surface area contributed by atoms with Crippen LogP contribution in [0.15, 0.2) is 0 Å². The standard InChI is InChI=1S/C12H22N2OS/c1-2-9-4-3-5-10(6-9)14-12(15)11-7-16-8-13-11/h9-11,13H,2-8H2,1H3,(H,14,15). The number of carbonyl (C=O) groups excluding carboxylic acids is 1. The molecule has 1 saturated heterocycles. The van der Waals surface area contributed by atoms with Crippen LogP contribution in [-0.4, -0.2) is 29.6 Å². The van der Waals surface area contributed by atoms with E-state index in [0.29, 0.717) is 6.04 Å². The van der Waals surface area contributed by atoms with Gasteiger partial charge in [0, 0.05) is 17.7 Å². The fraction of sp³-hybridized carbons (Fsp3) is 0.917. The van der Waals surface area contributed by atoms with Crippen LogP contribution in [0.1, 0.15) is 39.0 Å². The van der Waals surface area contributed by atoms with Gasteiger partial charge in [0.15, 0.2) is 0 Å². The van der Waals surface area contributed by atoms with Crippen molar-refractivity contribution < 1.29 is 4.79 Å². The molecule has 1 saturated carbocycles. The first-order valence-electron chi connectivity index (χ1n) is 6.41. The molecule has 3 atom stereocenters. The molecule has 0 radical (unpaired) electrons. The fourth-order valence-corrected chi connectivity index (χ4v) is 3.60. The van der Waals surface area contributed by atoms with Crippen molar-refractivity contribution in [1.29, 1.82) is 0 Å². The predicted octanol–water partition coefficient (Wildman–Crippen LogP) is 1.73. The van der Waals surface area contributed by atoms with Crippen molar-refractivity contribution in [3.63, 3.8) is 0 Å². The van der Waals surface area contributed by atoms with Crippen LogP contribution in [0, 0.1) is 5.92 Å². The van der Waals surface area contributed by atoms with E-state index in [9.17, 15) is 4.79 Å². The van der Waals surface area contributed by atoms with Crippen LogP contribution in [0.2, 0.25) is 0 Å². The number of hydrogen-bond donors (Lipinski definition) is 2. The van der Waals surface area contributed by atoms with Crippen LogP contribution < -0.4 is 10.6 Å². The molecule has 92 valence electrons. The van der Waals surface area contributed by atoms with Crippen LogP contribution in [0.3, 0.4) is 0 Å². The summed E-state index contributed by atoms with van der Waals surface area (Å²) in [5.41, 5.74) is 0. The highest BCUT2D eigenvalue weighted by molar-refractivity contribution is 7.99. The largest absolute Gasteiger partial charge is 0.352 e. The second kappa shape index (κ2) is 5.92. The Morgan fingerprint density at radius 3 is 3.06 bits per heavy atom. The van der Waals surface area contributed by atoms with Crippen LogP contribution >= 0.6 is 11.8 Å². The van der Waals surface area contributed by atoms with Crippen molar-refractivity contribution in [2.75, 3.05) is 11.6 Å². The molecular weight excluding hydrogens is 220 g/mol. The van der Waals surface area contributed by atoms with E-state index >= 15 is 0 Å². The van der Waals surface area contributed by atoms with E-state index in [-0.39, 0.29) is 11.9 Å². The van der Waals surface area contributed by atoms with Gasteiger partial charge in [0.1, 0.15) is 0 Å². The summed E-state index contributed by atoms with van der Waals surface area (Å²) < 4.78 is 0. The van der Waals surface area contributed by atoms with Gasteiger partial charge in [-0.05, 0) is 18.8 Å². The lowest BCUT2D eigenvalue weighted by atomic mass is 9.84. The lowest BCUT2D eigenvalue weighted by Crippen LogP contribution is -2.47. The highest BCUT2D eigenvalue weighted by atomic mass is 32.2. The molecule has 16 heavy (non-hydrogen) atoms. The Bertz CT molecular complexity index is 241. The summed E-state index contributed by atoms with van der Waals surface area (Å²) in [6.45, 7) is 2.25. The highest BCUT2D eigenvalue weighted by Gasteiger charge is 2.27. The van der Waals surface area contributed by atoms with Gasteiger partial charge in [-0.2, -0.15) is 0 Å². The van der Waals surface area contributed by atoms with Crippen LogP contribution in [0.4, 0.5) is 0 Å². The zero-order chi connectivity index (χ0) is 11.4. The second-order valence-corrected chi connectivity index (χ2v) is 5.95. The van der Waals surface area contributed by atoms with Gasteiger partial charge in [-0.1, -0.05) is 26.2 Å². The van der Waals surface area contributed by atoms with Gasteiger partial charge in [0.2, 0.25) is 5.91 Å². The maximum atomic E-state index is 11.9. The van der Waals surface area contributed by atoms with Crippen LogP contribution in [-0.2, 0) is 4.79 Å². The summed E-state index contributed by atoms with van der Waals surface area (Å²) in [5, 5.41) is 6.43. The molecule has 3 unspecified atom stereocenters. The Balaban J connectivity index is 1.77. The zero-order valence-electron chi connectivity index (χ0n) is 10.00. The highest BCUT2D eigenvalue weighted by Crippen LogP contribution is 2.26. The van der Waals surface area contributed by atoms with E-state index in [1.807, 2.05) is 0 Å². The topological polar surface area (TPSA) is 41.1 Å². The summed E-state index contributed by atoms with van der Waals surface area (Å²) in [7, 11) is 0. The molecule has 2 aliphatic rings. The first-order chi connectivity index (χ1) is 7.79. The van der Waals surface area contributed by atoms with Gasteiger partial charge < -0.3 is 5.32 Å². The molecule has 0 bridgehead atoms. The van der Waals surface area contributed by atoms with Crippen molar-refractivity contribution in [3.05, 3.63) is 0 Å². The Morgan fingerprint density at radius 2 is 2.38 bits per heavy atom. The summed E-state index contributed by atoms with van der Waals surface area (Å²) in [6.07, 6.45) is 6.23. The molecule has 2 N–H and O–H groups in total. The number of thioether (sulfide) groups is 1. The molecule has 0 spiro atoms. The van der Waals surface area contributed by atoms with Crippen LogP contribution in [0.25, 0.3) is 0 Å². The lowest BCUT2D eigenvalue weighted by Gasteiger charge is -2.29. The third-order valence-electron chi connectivity index (χ3n) is 3.74. The molecule has 0 aromatic carbocycles. The Kier molecular flexibility index (Phi) is 4.53. The Hall–Kier alpha value is -0.220. The molecule has 0 aromatic rings. The SMILES string of the molecule is CCC1CCCC(NC(=O)C2CSCN2)C1. The average molecular weight is 242 g/mol. The van der Waals surface area contributed by atoms with E-state index in [1.165, 1.54) is 32.1 Å². The Morgan fingerprint density at radius 1 is 1.50 bits per heavy atom. The number of hydrogen-bond acceptors (Lipinski definition) is 3. The zero-order valence-corrected chi connectivity index (χ0v) is 10.8. The van der Waals surface area contributed by atoms with Crippen molar-refractivity contribution in [2.24, 2.45) is 5.92 Å². The third kappa shape index (κ3) is 3.14. The molecule has 2 fully saturated rings.